The first kappa shape index (κ1) is 38.0. The molecule has 3 heterocycles. The third-order valence-corrected chi connectivity index (χ3v) is 12.9. The van der Waals surface area contributed by atoms with Gasteiger partial charge >= 0.3 is 0 Å². The molecule has 0 amide bonds. The number of nitrogens with zero attached hydrogens (tertiary/aromatic N) is 4. The summed E-state index contributed by atoms with van der Waals surface area (Å²) in [5.41, 5.74) is 13.0. The largest absolute Gasteiger partial charge is 0.310 e. The van der Waals surface area contributed by atoms with Gasteiger partial charge in [-0.2, -0.15) is 0 Å². The standard InChI is InChI=1S/C58H40N4S/c1-2-48-50-30-18-31-51(55(50)63-54(48)38-47-36-45-25-15-16-32-53(45)62(47)46-28-13-6-14-29-46)49-34-33-44(43-27-17-26-42(35-43)39-19-7-3-8-20-39)37-52(49)58-60-56(40-21-9-4-10-22-40)59-57(61-58)41-23-11-5-12-24-41/h2-38H,1H3/b48-2-,54-38+. The van der Waals surface area contributed by atoms with Gasteiger partial charge in [0.05, 0.1) is 5.52 Å². The number of hydrogen-bond donors (Lipinski definition) is 0. The van der Waals surface area contributed by atoms with E-state index >= 15 is 0 Å². The van der Waals surface area contributed by atoms with Crippen LogP contribution in [-0.2, 0) is 0 Å². The molecule has 0 aliphatic rings. The number of fused-ring (bicyclic) bond motifs is 2. The van der Waals surface area contributed by atoms with E-state index in [2.05, 4.69) is 200 Å². The molecular weight excluding hydrogens is 785 g/mol. The Kier molecular flexibility index (Phi) is 9.92. The second-order valence-electron chi connectivity index (χ2n) is 15.5. The van der Waals surface area contributed by atoms with Gasteiger partial charge in [-0.1, -0.05) is 182 Å². The van der Waals surface area contributed by atoms with E-state index in [1.165, 1.54) is 41.9 Å². The first-order valence-corrected chi connectivity index (χ1v) is 22.0. The molecule has 4 nitrogen and oxygen atoms in total. The molecule has 0 bridgehead atoms. The first-order chi connectivity index (χ1) is 31.2. The van der Waals surface area contributed by atoms with Crippen molar-refractivity contribution in [2.45, 2.75) is 6.92 Å². The molecule has 5 heteroatoms. The van der Waals surface area contributed by atoms with Crippen LogP contribution in [0.3, 0.4) is 0 Å². The highest BCUT2D eigenvalue weighted by atomic mass is 32.1. The molecule has 0 unspecified atom stereocenters. The minimum absolute atomic E-state index is 0.619. The van der Waals surface area contributed by atoms with Crippen molar-refractivity contribution in [3.8, 4) is 73.2 Å². The number of rotatable bonds is 8. The molecule has 0 aliphatic heterocycles. The van der Waals surface area contributed by atoms with Gasteiger partial charge in [-0.05, 0) is 82.4 Å². The van der Waals surface area contributed by atoms with Crippen molar-refractivity contribution in [2.24, 2.45) is 0 Å². The average Bonchev–Trinajstić information content (AvgIpc) is 3.92. The van der Waals surface area contributed by atoms with E-state index in [0.29, 0.717) is 17.5 Å². The highest BCUT2D eigenvalue weighted by Gasteiger charge is 2.20. The molecule has 0 N–H and O–H groups in total. The van der Waals surface area contributed by atoms with Gasteiger partial charge in [0.2, 0.25) is 0 Å². The van der Waals surface area contributed by atoms with Gasteiger partial charge in [-0.3, -0.25) is 0 Å². The molecular formula is C58H40N4S. The van der Waals surface area contributed by atoms with Crippen molar-refractivity contribution < 1.29 is 0 Å². The summed E-state index contributed by atoms with van der Waals surface area (Å²) >= 11 is 1.83. The summed E-state index contributed by atoms with van der Waals surface area (Å²) < 4.78 is 4.77. The van der Waals surface area contributed by atoms with Crippen LogP contribution in [0.25, 0.3) is 106 Å². The Morgan fingerprint density at radius 1 is 0.429 bits per heavy atom. The zero-order valence-corrected chi connectivity index (χ0v) is 35.4. The minimum Gasteiger partial charge on any atom is -0.310 e. The van der Waals surface area contributed by atoms with Crippen LogP contribution in [0.15, 0.2) is 212 Å². The van der Waals surface area contributed by atoms with Crippen molar-refractivity contribution in [1.82, 2.24) is 19.5 Å². The fourth-order valence-electron chi connectivity index (χ4n) is 8.64. The van der Waals surface area contributed by atoms with E-state index in [9.17, 15) is 0 Å². The van der Waals surface area contributed by atoms with Gasteiger partial charge in [0.25, 0.3) is 0 Å². The van der Waals surface area contributed by atoms with Gasteiger partial charge in [0, 0.05) is 53.6 Å². The molecule has 11 rings (SSSR count). The number of thiophene rings is 1. The van der Waals surface area contributed by atoms with Crippen LogP contribution in [-0.4, -0.2) is 19.5 Å². The molecule has 298 valence electrons. The van der Waals surface area contributed by atoms with Crippen molar-refractivity contribution in [1.29, 1.82) is 0 Å². The summed E-state index contributed by atoms with van der Waals surface area (Å²) in [6, 6.07) is 74.7. The zero-order chi connectivity index (χ0) is 42.1. The molecule has 0 spiro atoms. The summed E-state index contributed by atoms with van der Waals surface area (Å²) in [4.78, 5) is 15.6. The quantitative estimate of drug-likeness (QED) is 0.153. The third-order valence-electron chi connectivity index (χ3n) is 11.7. The molecule has 8 aromatic carbocycles. The summed E-state index contributed by atoms with van der Waals surface area (Å²) in [7, 11) is 0. The Hall–Kier alpha value is -7.99. The van der Waals surface area contributed by atoms with E-state index < -0.39 is 0 Å². The van der Waals surface area contributed by atoms with E-state index in [0.717, 1.165) is 50.3 Å². The zero-order valence-electron chi connectivity index (χ0n) is 34.6. The molecule has 0 fully saturated rings. The summed E-state index contributed by atoms with van der Waals surface area (Å²) in [5, 5.41) is 3.64. The van der Waals surface area contributed by atoms with Gasteiger partial charge in [0.1, 0.15) is 0 Å². The van der Waals surface area contributed by atoms with Crippen LogP contribution in [0, 0.1) is 0 Å². The Labute approximate surface area is 370 Å². The summed E-state index contributed by atoms with van der Waals surface area (Å²) in [5.74, 6) is 1.88. The predicted octanol–water partition coefficient (Wildman–Crippen LogP) is 13.7. The molecule has 11 aromatic rings. The fraction of sp³-hybridized carbons (Fsp3) is 0.0172. The number of para-hydroxylation sites is 2. The van der Waals surface area contributed by atoms with E-state index in [-0.39, 0.29) is 0 Å². The Balaban J connectivity index is 1.15. The van der Waals surface area contributed by atoms with Crippen LogP contribution < -0.4 is 9.75 Å². The maximum absolute atomic E-state index is 5.29. The van der Waals surface area contributed by atoms with Crippen molar-refractivity contribution in [3.63, 3.8) is 0 Å². The molecule has 63 heavy (non-hydrogen) atoms. The fourth-order valence-corrected chi connectivity index (χ4v) is 9.95. The highest BCUT2D eigenvalue weighted by Crippen LogP contribution is 2.40. The molecule has 0 saturated heterocycles. The second kappa shape index (κ2) is 16.5. The van der Waals surface area contributed by atoms with Crippen molar-refractivity contribution >= 4 is 44.5 Å². The minimum atomic E-state index is 0.619. The van der Waals surface area contributed by atoms with Gasteiger partial charge in [0.15, 0.2) is 17.5 Å². The highest BCUT2D eigenvalue weighted by molar-refractivity contribution is 7.17. The topological polar surface area (TPSA) is 43.6 Å². The normalized spacial score (nSPS) is 12.1. The van der Waals surface area contributed by atoms with E-state index in [4.69, 9.17) is 15.0 Å². The molecule has 0 aliphatic carbocycles. The number of benzene rings is 8. The van der Waals surface area contributed by atoms with Crippen LogP contribution >= 0.6 is 11.3 Å². The smallest absolute Gasteiger partial charge is 0.164 e. The van der Waals surface area contributed by atoms with Crippen LogP contribution in [0.4, 0.5) is 0 Å². The van der Waals surface area contributed by atoms with Crippen LogP contribution in [0.2, 0.25) is 0 Å². The number of aromatic nitrogens is 4. The lowest BCUT2D eigenvalue weighted by molar-refractivity contribution is 1.07. The van der Waals surface area contributed by atoms with Gasteiger partial charge in [-0.15, -0.1) is 11.3 Å². The van der Waals surface area contributed by atoms with E-state index in [1.807, 2.05) is 47.7 Å². The Bertz CT molecular complexity index is 3500. The van der Waals surface area contributed by atoms with Gasteiger partial charge in [-0.25, -0.2) is 15.0 Å². The monoisotopic (exact) mass is 824 g/mol. The SMILES string of the molecule is C/C=c1\c(=C/c2cc3ccccc3n2-c2ccccc2)sc2c(-c3ccc(-c4cccc(-c5ccccc5)c4)cc3-c3nc(-c4ccccc4)nc(-c4ccccc4)n3)cccc12. The van der Waals surface area contributed by atoms with E-state index in [1.54, 1.807) is 0 Å². The second-order valence-corrected chi connectivity index (χ2v) is 16.6. The molecule has 0 atom stereocenters. The first-order valence-electron chi connectivity index (χ1n) is 21.2. The molecule has 0 saturated carbocycles. The van der Waals surface area contributed by atoms with Crippen molar-refractivity contribution in [3.05, 3.63) is 228 Å². The Morgan fingerprint density at radius 2 is 0.984 bits per heavy atom. The lowest BCUT2D eigenvalue weighted by atomic mass is 9.92. The lowest BCUT2D eigenvalue weighted by Gasteiger charge is -2.15. The molecule has 0 radical (unpaired) electrons. The molecule has 3 aromatic heterocycles. The maximum atomic E-state index is 5.29. The summed E-state index contributed by atoms with van der Waals surface area (Å²) in [6.07, 6.45) is 4.60. The predicted molar refractivity (Wildman–Crippen MR) is 264 cm³/mol. The number of hydrogen-bond acceptors (Lipinski definition) is 4. The van der Waals surface area contributed by atoms with Gasteiger partial charge < -0.3 is 4.57 Å². The summed E-state index contributed by atoms with van der Waals surface area (Å²) in [6.45, 7) is 2.14. The Morgan fingerprint density at radius 3 is 1.67 bits per heavy atom. The van der Waals surface area contributed by atoms with Crippen LogP contribution in [0.1, 0.15) is 12.6 Å². The van der Waals surface area contributed by atoms with Crippen molar-refractivity contribution in [2.75, 3.05) is 0 Å². The van der Waals surface area contributed by atoms with Crippen LogP contribution in [0.5, 0.6) is 0 Å². The lowest BCUT2D eigenvalue weighted by Crippen LogP contribution is -2.18. The average molecular weight is 825 g/mol. The third kappa shape index (κ3) is 7.24. The maximum Gasteiger partial charge on any atom is 0.164 e.